The van der Waals surface area contributed by atoms with Crippen molar-refractivity contribution in [1.29, 1.82) is 0 Å². The van der Waals surface area contributed by atoms with Crippen molar-refractivity contribution < 1.29 is 19.4 Å². The number of rotatable bonds is 4. The van der Waals surface area contributed by atoms with E-state index in [1.807, 2.05) is 24.3 Å². The molecule has 3 rings (SSSR count). The molecular formula is C20H16O4. The molecule has 0 radical (unpaired) electrons. The minimum atomic E-state index is -0.939. The first kappa shape index (κ1) is 15.7. The maximum atomic E-state index is 12.3. The molecule has 4 heteroatoms. The average molecular weight is 320 g/mol. The van der Waals surface area contributed by atoms with E-state index in [4.69, 9.17) is 4.74 Å². The molecule has 24 heavy (non-hydrogen) atoms. The summed E-state index contributed by atoms with van der Waals surface area (Å²) in [5, 5.41) is 11.7. The Morgan fingerprint density at radius 1 is 0.917 bits per heavy atom. The van der Waals surface area contributed by atoms with Crippen molar-refractivity contribution in [1.82, 2.24) is 0 Å². The van der Waals surface area contributed by atoms with Crippen molar-refractivity contribution in [3.63, 3.8) is 0 Å². The van der Waals surface area contributed by atoms with Crippen LogP contribution in [-0.2, 0) is 4.74 Å². The molecule has 120 valence electrons. The highest BCUT2D eigenvalue weighted by Crippen LogP contribution is 2.26. The maximum Gasteiger partial charge on any atom is 0.342 e. The Kier molecular flexibility index (Phi) is 4.29. The van der Waals surface area contributed by atoms with Crippen LogP contribution in [0, 0.1) is 0 Å². The third kappa shape index (κ3) is 3.13. The van der Waals surface area contributed by atoms with Crippen LogP contribution < -0.4 is 0 Å². The third-order valence-corrected chi connectivity index (χ3v) is 3.80. The summed E-state index contributed by atoms with van der Waals surface area (Å²) in [5.41, 5.74) is 0.516. The van der Waals surface area contributed by atoms with E-state index >= 15 is 0 Å². The molecule has 3 aromatic rings. The van der Waals surface area contributed by atoms with Gasteiger partial charge in [0.15, 0.2) is 6.10 Å². The lowest BCUT2D eigenvalue weighted by atomic mass is 10.1. The summed E-state index contributed by atoms with van der Waals surface area (Å²) >= 11 is 0. The topological polar surface area (TPSA) is 63.6 Å². The second kappa shape index (κ2) is 6.54. The fourth-order valence-electron chi connectivity index (χ4n) is 2.51. The zero-order valence-electron chi connectivity index (χ0n) is 13.1. The van der Waals surface area contributed by atoms with Crippen LogP contribution in [0.25, 0.3) is 10.8 Å². The van der Waals surface area contributed by atoms with Crippen molar-refractivity contribution >= 4 is 22.5 Å². The molecule has 0 aliphatic heterocycles. The zero-order chi connectivity index (χ0) is 17.1. The molecule has 0 aliphatic rings. The molecule has 0 bridgehead atoms. The number of phenols is 1. The number of benzene rings is 3. The number of hydrogen-bond donors (Lipinski definition) is 1. The van der Waals surface area contributed by atoms with Crippen LogP contribution in [0.2, 0.25) is 0 Å². The summed E-state index contributed by atoms with van der Waals surface area (Å²) in [4.78, 5) is 24.6. The maximum absolute atomic E-state index is 12.3. The number of esters is 1. The normalized spacial score (nSPS) is 11.9. The highest BCUT2D eigenvalue weighted by atomic mass is 16.5. The van der Waals surface area contributed by atoms with E-state index in [1.165, 1.54) is 13.0 Å². The van der Waals surface area contributed by atoms with Gasteiger partial charge in [0.05, 0.1) is 0 Å². The quantitative estimate of drug-likeness (QED) is 0.583. The fourth-order valence-corrected chi connectivity index (χ4v) is 2.51. The lowest BCUT2D eigenvalue weighted by molar-refractivity contribution is 0.0316. The number of aromatic hydroxyl groups is 1. The predicted octanol–water partition coefficient (Wildman–Crippen LogP) is 3.97. The number of ether oxygens (including phenoxy) is 1. The van der Waals surface area contributed by atoms with Crippen molar-refractivity contribution in [3.8, 4) is 5.75 Å². The fraction of sp³-hybridized carbons (Fsp3) is 0.100. The van der Waals surface area contributed by atoms with Crippen molar-refractivity contribution in [2.75, 3.05) is 0 Å². The van der Waals surface area contributed by atoms with Crippen LogP contribution in [0.1, 0.15) is 27.6 Å². The van der Waals surface area contributed by atoms with Gasteiger partial charge in [0.1, 0.15) is 11.3 Å². The SMILES string of the molecule is CC(OC(=O)c1cc2ccccc2cc1O)C(=O)c1ccccc1. The molecule has 3 aromatic carbocycles. The third-order valence-electron chi connectivity index (χ3n) is 3.80. The predicted molar refractivity (Wildman–Crippen MR) is 91.3 cm³/mol. The number of hydrogen-bond acceptors (Lipinski definition) is 4. The molecule has 0 amide bonds. The average Bonchev–Trinajstić information content (AvgIpc) is 2.61. The second-order valence-electron chi connectivity index (χ2n) is 5.49. The molecule has 1 unspecified atom stereocenters. The molecule has 0 aromatic heterocycles. The molecule has 1 atom stereocenters. The largest absolute Gasteiger partial charge is 0.507 e. The zero-order valence-corrected chi connectivity index (χ0v) is 13.1. The van der Waals surface area contributed by atoms with Crippen molar-refractivity contribution in [2.45, 2.75) is 13.0 Å². The molecule has 0 fully saturated rings. The molecule has 0 saturated heterocycles. The molecule has 0 saturated carbocycles. The smallest absolute Gasteiger partial charge is 0.342 e. The van der Waals surface area contributed by atoms with E-state index in [0.717, 1.165) is 10.8 Å². The number of ketones is 1. The lowest BCUT2D eigenvalue weighted by Crippen LogP contribution is -2.24. The Bertz CT molecular complexity index is 900. The molecule has 0 heterocycles. The number of Topliss-reactive ketones (excluding diaryl/α,β-unsaturated/α-hetero) is 1. The second-order valence-corrected chi connectivity index (χ2v) is 5.49. The Morgan fingerprint density at radius 3 is 2.17 bits per heavy atom. The van der Waals surface area contributed by atoms with Gasteiger partial charge in [-0.2, -0.15) is 0 Å². The van der Waals surface area contributed by atoms with Crippen LogP contribution in [0.15, 0.2) is 66.7 Å². The van der Waals surface area contributed by atoms with Gasteiger partial charge in [0.25, 0.3) is 0 Å². The van der Waals surface area contributed by atoms with Gasteiger partial charge in [0.2, 0.25) is 5.78 Å². The summed E-state index contributed by atoms with van der Waals surface area (Å²) in [6.07, 6.45) is -0.939. The van der Waals surface area contributed by atoms with Gasteiger partial charge in [-0.15, -0.1) is 0 Å². The van der Waals surface area contributed by atoms with E-state index < -0.39 is 12.1 Å². The van der Waals surface area contributed by atoms with Crippen LogP contribution >= 0.6 is 0 Å². The first-order chi connectivity index (χ1) is 11.6. The number of carbonyl (C=O) groups is 2. The molecule has 1 N–H and O–H groups in total. The first-order valence-electron chi connectivity index (χ1n) is 7.58. The summed E-state index contributed by atoms with van der Waals surface area (Å²) in [7, 11) is 0. The minimum Gasteiger partial charge on any atom is -0.507 e. The van der Waals surface area contributed by atoms with Gasteiger partial charge in [-0.3, -0.25) is 4.79 Å². The lowest BCUT2D eigenvalue weighted by Gasteiger charge is -2.13. The molecule has 0 spiro atoms. The summed E-state index contributed by atoms with van der Waals surface area (Å²) in [5.74, 6) is -1.18. The van der Waals surface area contributed by atoms with E-state index in [0.29, 0.717) is 5.56 Å². The Morgan fingerprint density at radius 2 is 1.50 bits per heavy atom. The Labute approximate surface area is 139 Å². The van der Waals surface area contributed by atoms with Gasteiger partial charge in [-0.1, -0.05) is 54.6 Å². The van der Waals surface area contributed by atoms with E-state index in [-0.39, 0.29) is 17.1 Å². The van der Waals surface area contributed by atoms with Crippen LogP contribution in [0.4, 0.5) is 0 Å². The standard InChI is InChI=1S/C20H16O4/c1-13(19(22)14-7-3-2-4-8-14)24-20(23)17-11-15-9-5-6-10-16(15)12-18(17)21/h2-13,21H,1H3. The summed E-state index contributed by atoms with van der Waals surface area (Å²) in [6, 6.07) is 19.1. The highest BCUT2D eigenvalue weighted by Gasteiger charge is 2.22. The van der Waals surface area contributed by atoms with Gasteiger partial charge >= 0.3 is 5.97 Å². The summed E-state index contributed by atoms with van der Waals surface area (Å²) in [6.45, 7) is 1.52. The van der Waals surface area contributed by atoms with Crippen LogP contribution in [0.3, 0.4) is 0 Å². The van der Waals surface area contributed by atoms with Crippen molar-refractivity contribution in [3.05, 3.63) is 77.9 Å². The first-order valence-corrected chi connectivity index (χ1v) is 7.58. The van der Waals surface area contributed by atoms with Gasteiger partial charge in [-0.25, -0.2) is 4.79 Å². The molecule has 0 aliphatic carbocycles. The number of carbonyl (C=O) groups excluding carboxylic acids is 2. The minimum absolute atomic E-state index is 0.0430. The number of fused-ring (bicyclic) bond motifs is 1. The Hall–Kier alpha value is -3.14. The highest BCUT2D eigenvalue weighted by molar-refractivity contribution is 6.03. The van der Waals surface area contributed by atoms with Crippen molar-refractivity contribution in [2.24, 2.45) is 0 Å². The summed E-state index contributed by atoms with van der Waals surface area (Å²) < 4.78 is 5.23. The van der Waals surface area contributed by atoms with Gasteiger partial charge in [-0.05, 0) is 29.8 Å². The van der Waals surface area contributed by atoms with E-state index in [2.05, 4.69) is 0 Å². The number of phenolic OH excluding ortho intramolecular Hbond substituents is 1. The monoisotopic (exact) mass is 320 g/mol. The van der Waals surface area contributed by atoms with E-state index in [1.54, 1.807) is 36.4 Å². The van der Waals surface area contributed by atoms with Crippen LogP contribution in [0.5, 0.6) is 5.75 Å². The molecular weight excluding hydrogens is 304 g/mol. The van der Waals surface area contributed by atoms with Gasteiger partial charge < -0.3 is 9.84 Å². The van der Waals surface area contributed by atoms with Crippen LogP contribution in [-0.4, -0.2) is 23.0 Å². The van der Waals surface area contributed by atoms with Gasteiger partial charge in [0, 0.05) is 5.56 Å². The Balaban J connectivity index is 1.82. The molecule has 4 nitrogen and oxygen atoms in total. The van der Waals surface area contributed by atoms with E-state index in [9.17, 15) is 14.7 Å².